The molecule has 1 atom stereocenters. The summed E-state index contributed by atoms with van der Waals surface area (Å²) in [4.78, 5) is 2.31. The van der Waals surface area contributed by atoms with E-state index in [-0.39, 0.29) is 17.5 Å². The number of nitrogens with zero attached hydrogens (tertiary/aromatic N) is 2. The Labute approximate surface area is 149 Å². The molecule has 5 nitrogen and oxygen atoms in total. The van der Waals surface area contributed by atoms with Crippen molar-refractivity contribution in [2.75, 3.05) is 26.7 Å². The van der Waals surface area contributed by atoms with Crippen molar-refractivity contribution in [2.45, 2.75) is 17.9 Å². The number of nitrogens with one attached hydrogen (secondary N) is 1. The van der Waals surface area contributed by atoms with Gasteiger partial charge in [-0.25, -0.2) is 12.8 Å². The van der Waals surface area contributed by atoms with E-state index >= 15 is 0 Å². The summed E-state index contributed by atoms with van der Waals surface area (Å²) < 4.78 is 40.0. The van der Waals surface area contributed by atoms with E-state index in [0.717, 1.165) is 0 Å². The second kappa shape index (κ2) is 7.95. The molecule has 2 rings (SSSR count). The van der Waals surface area contributed by atoms with Gasteiger partial charge in [0.15, 0.2) is 0 Å². The summed E-state index contributed by atoms with van der Waals surface area (Å²) >= 11 is 0. The second-order valence-electron chi connectivity index (χ2n) is 6.10. The topological polar surface area (TPSA) is 52.7 Å². The standard InChI is InChI=1S/C18H24FN3O2S/c1-14(19)12-15(2)20-16(3)18-13-22(11-10-21(18)4)25(23,24)17-8-6-5-7-9-17/h5-9,12,18,20H,1,3,10-11,13H2,2,4H3/b15-12+. The van der Waals surface area contributed by atoms with Crippen molar-refractivity contribution in [3.8, 4) is 0 Å². The molecule has 0 aromatic heterocycles. The van der Waals surface area contributed by atoms with Crippen molar-refractivity contribution in [2.24, 2.45) is 0 Å². The molecule has 1 heterocycles. The van der Waals surface area contributed by atoms with Crippen molar-refractivity contribution in [1.29, 1.82) is 0 Å². The Bertz CT molecular complexity index is 775. The Morgan fingerprint density at radius 1 is 1.28 bits per heavy atom. The van der Waals surface area contributed by atoms with Crippen LogP contribution in [0.1, 0.15) is 6.92 Å². The van der Waals surface area contributed by atoms with Crippen LogP contribution in [0.25, 0.3) is 0 Å². The molecule has 1 N–H and O–H groups in total. The Morgan fingerprint density at radius 3 is 2.52 bits per heavy atom. The zero-order chi connectivity index (χ0) is 18.6. The highest BCUT2D eigenvalue weighted by molar-refractivity contribution is 7.89. The summed E-state index contributed by atoms with van der Waals surface area (Å²) in [5.74, 6) is -0.553. The Balaban J connectivity index is 2.16. The van der Waals surface area contributed by atoms with Crippen LogP contribution in [0.5, 0.6) is 0 Å². The zero-order valence-corrected chi connectivity index (χ0v) is 15.4. The first-order valence-corrected chi connectivity index (χ1v) is 9.40. The lowest BCUT2D eigenvalue weighted by atomic mass is 10.1. The number of likely N-dealkylation sites (N-methyl/N-ethyl adjacent to an activating group) is 1. The third kappa shape index (κ3) is 4.78. The van der Waals surface area contributed by atoms with Gasteiger partial charge in [0.05, 0.1) is 10.9 Å². The highest BCUT2D eigenvalue weighted by Crippen LogP contribution is 2.21. The lowest BCUT2D eigenvalue weighted by molar-refractivity contribution is 0.166. The number of hydrogen-bond donors (Lipinski definition) is 1. The molecule has 25 heavy (non-hydrogen) atoms. The molecule has 0 bridgehead atoms. The molecule has 0 aliphatic carbocycles. The van der Waals surface area contributed by atoms with E-state index in [1.54, 1.807) is 37.3 Å². The SMILES string of the molecule is C=C(F)/C=C(\C)NC(=C)C1CN(S(=O)(=O)c2ccccc2)CCN1C. The molecule has 7 heteroatoms. The third-order valence-corrected chi connectivity index (χ3v) is 6.00. The summed E-state index contributed by atoms with van der Waals surface area (Å²) in [6.45, 7) is 10.2. The smallest absolute Gasteiger partial charge is 0.243 e. The van der Waals surface area contributed by atoms with Crippen LogP contribution in [-0.4, -0.2) is 50.3 Å². The molecule has 0 spiro atoms. The molecular formula is C18H24FN3O2S. The molecule has 1 aromatic carbocycles. The van der Waals surface area contributed by atoms with Gasteiger partial charge in [0.2, 0.25) is 10.0 Å². The van der Waals surface area contributed by atoms with Crippen molar-refractivity contribution in [1.82, 2.24) is 14.5 Å². The predicted molar refractivity (Wildman–Crippen MR) is 97.9 cm³/mol. The fourth-order valence-corrected chi connectivity index (χ4v) is 4.25. The maximum atomic E-state index is 12.9. The summed E-state index contributed by atoms with van der Waals surface area (Å²) in [6.07, 6.45) is 1.27. The van der Waals surface area contributed by atoms with Crippen molar-refractivity contribution >= 4 is 10.0 Å². The summed E-state index contributed by atoms with van der Waals surface area (Å²) in [5, 5.41) is 3.03. The molecule has 136 valence electrons. The first-order valence-electron chi connectivity index (χ1n) is 7.96. The number of rotatable bonds is 6. The predicted octanol–water partition coefficient (Wildman–Crippen LogP) is 2.48. The Kier molecular flexibility index (Phi) is 6.16. The van der Waals surface area contributed by atoms with Gasteiger partial charge < -0.3 is 5.32 Å². The average molecular weight is 365 g/mol. The second-order valence-corrected chi connectivity index (χ2v) is 8.03. The highest BCUT2D eigenvalue weighted by Gasteiger charge is 2.33. The number of piperazine rings is 1. The maximum absolute atomic E-state index is 12.9. The highest BCUT2D eigenvalue weighted by atomic mass is 32.2. The van der Waals surface area contributed by atoms with Crippen molar-refractivity contribution < 1.29 is 12.8 Å². The van der Waals surface area contributed by atoms with Gasteiger partial charge in [-0.2, -0.15) is 4.31 Å². The van der Waals surface area contributed by atoms with Gasteiger partial charge in [-0.3, -0.25) is 4.90 Å². The van der Waals surface area contributed by atoms with Crippen LogP contribution in [0.4, 0.5) is 4.39 Å². The van der Waals surface area contributed by atoms with Crippen LogP contribution < -0.4 is 5.32 Å². The van der Waals surface area contributed by atoms with Gasteiger partial charge in [-0.15, -0.1) is 0 Å². The molecule has 1 aromatic rings. The largest absolute Gasteiger partial charge is 0.362 e. The lowest BCUT2D eigenvalue weighted by Crippen LogP contribution is -2.55. The van der Waals surface area contributed by atoms with Crippen LogP contribution in [-0.2, 0) is 10.0 Å². The zero-order valence-electron chi connectivity index (χ0n) is 14.6. The molecule has 1 saturated heterocycles. The van der Waals surface area contributed by atoms with Crippen LogP contribution in [0.2, 0.25) is 0 Å². The van der Waals surface area contributed by atoms with E-state index in [1.165, 1.54) is 10.4 Å². The van der Waals surface area contributed by atoms with E-state index < -0.39 is 15.9 Å². The minimum atomic E-state index is -3.55. The molecule has 0 amide bonds. The maximum Gasteiger partial charge on any atom is 0.243 e. The fraction of sp³-hybridized carbons (Fsp3) is 0.333. The molecule has 1 aliphatic rings. The van der Waals surface area contributed by atoms with Crippen molar-refractivity contribution in [3.05, 3.63) is 66.8 Å². The minimum absolute atomic E-state index is 0.219. The minimum Gasteiger partial charge on any atom is -0.362 e. The number of hydrogen-bond acceptors (Lipinski definition) is 4. The first kappa shape index (κ1) is 19.4. The number of allylic oxidation sites excluding steroid dienone is 3. The molecule has 0 radical (unpaired) electrons. The number of sulfonamides is 1. The fourth-order valence-electron chi connectivity index (χ4n) is 2.79. The normalized spacial score (nSPS) is 20.3. The van der Waals surface area contributed by atoms with Gasteiger partial charge in [-0.05, 0) is 32.2 Å². The van der Waals surface area contributed by atoms with Crippen LogP contribution in [0.15, 0.2) is 71.7 Å². The van der Waals surface area contributed by atoms with Gasteiger partial charge in [-0.1, -0.05) is 31.4 Å². The average Bonchev–Trinajstić information content (AvgIpc) is 2.54. The van der Waals surface area contributed by atoms with Gasteiger partial charge in [0, 0.05) is 31.0 Å². The van der Waals surface area contributed by atoms with Crippen LogP contribution in [0, 0.1) is 0 Å². The van der Waals surface area contributed by atoms with Crippen LogP contribution >= 0.6 is 0 Å². The van der Waals surface area contributed by atoms with E-state index in [0.29, 0.717) is 24.5 Å². The molecule has 1 unspecified atom stereocenters. The number of benzene rings is 1. The summed E-state index contributed by atoms with van der Waals surface area (Å²) in [6, 6.07) is 8.16. The summed E-state index contributed by atoms with van der Waals surface area (Å²) in [7, 11) is -1.64. The van der Waals surface area contributed by atoms with Crippen molar-refractivity contribution in [3.63, 3.8) is 0 Å². The lowest BCUT2D eigenvalue weighted by Gasteiger charge is -2.39. The van der Waals surface area contributed by atoms with E-state index in [9.17, 15) is 12.8 Å². The Hall–Kier alpha value is -1.96. The molecular weight excluding hydrogens is 341 g/mol. The number of halogens is 1. The van der Waals surface area contributed by atoms with Crippen LogP contribution in [0.3, 0.4) is 0 Å². The molecule has 1 aliphatic heterocycles. The first-order chi connectivity index (χ1) is 11.7. The van der Waals surface area contributed by atoms with E-state index in [1.807, 2.05) is 11.9 Å². The Morgan fingerprint density at radius 2 is 1.92 bits per heavy atom. The molecule has 1 fully saturated rings. The summed E-state index contributed by atoms with van der Waals surface area (Å²) in [5.41, 5.74) is 1.18. The molecule has 0 saturated carbocycles. The van der Waals surface area contributed by atoms with Gasteiger partial charge >= 0.3 is 0 Å². The monoisotopic (exact) mass is 365 g/mol. The van der Waals surface area contributed by atoms with Gasteiger partial charge in [0.1, 0.15) is 5.83 Å². The van der Waals surface area contributed by atoms with E-state index in [2.05, 4.69) is 18.5 Å². The van der Waals surface area contributed by atoms with Gasteiger partial charge in [0.25, 0.3) is 0 Å². The third-order valence-electron chi connectivity index (χ3n) is 4.12. The van der Waals surface area contributed by atoms with E-state index in [4.69, 9.17) is 0 Å². The quantitative estimate of drug-likeness (QED) is 0.787.